The van der Waals surface area contributed by atoms with Crippen LogP contribution < -0.4 is 5.73 Å². The second-order valence-corrected chi connectivity index (χ2v) is 6.70. The van der Waals surface area contributed by atoms with E-state index in [1.54, 1.807) is 6.92 Å². The van der Waals surface area contributed by atoms with E-state index in [1.165, 1.54) is 22.5 Å². The molecule has 0 radical (unpaired) electrons. The fourth-order valence-corrected chi connectivity index (χ4v) is 3.89. The first-order valence-corrected chi connectivity index (χ1v) is 7.87. The lowest BCUT2D eigenvalue weighted by atomic mass is 10.2. The van der Waals surface area contributed by atoms with Crippen molar-refractivity contribution in [1.29, 1.82) is 0 Å². The van der Waals surface area contributed by atoms with Gasteiger partial charge in [-0.2, -0.15) is 4.31 Å². The summed E-state index contributed by atoms with van der Waals surface area (Å²) in [5.74, 6) is 0. The minimum absolute atomic E-state index is 0.0748. The Bertz CT molecular complexity index is 646. The standard InChI is InChI=1S/C12H17N3O5S/c1-9-6-10(15(16)17)2-3-12(9)21(18,19)14-4-5-20-11(7-13)8-14/h2-3,6,11H,4-5,7-8,13H2,1H3. The van der Waals surface area contributed by atoms with Crippen molar-refractivity contribution in [3.63, 3.8) is 0 Å². The highest BCUT2D eigenvalue weighted by Crippen LogP contribution is 2.25. The Morgan fingerprint density at radius 1 is 1.52 bits per heavy atom. The number of hydrogen-bond donors (Lipinski definition) is 1. The molecule has 2 N–H and O–H groups in total. The van der Waals surface area contributed by atoms with Crippen LogP contribution in [-0.4, -0.2) is 50.0 Å². The Morgan fingerprint density at radius 2 is 2.24 bits per heavy atom. The van der Waals surface area contributed by atoms with E-state index in [0.717, 1.165) is 0 Å². The van der Waals surface area contributed by atoms with Gasteiger partial charge in [-0.1, -0.05) is 0 Å². The topological polar surface area (TPSA) is 116 Å². The first-order chi connectivity index (χ1) is 9.86. The summed E-state index contributed by atoms with van der Waals surface area (Å²) in [4.78, 5) is 10.2. The molecule has 116 valence electrons. The largest absolute Gasteiger partial charge is 0.374 e. The molecule has 0 bridgehead atoms. The monoisotopic (exact) mass is 315 g/mol. The highest BCUT2D eigenvalue weighted by molar-refractivity contribution is 7.89. The number of non-ortho nitro benzene ring substituents is 1. The number of nitrogens with zero attached hydrogens (tertiary/aromatic N) is 2. The maximum atomic E-state index is 12.6. The number of sulfonamides is 1. The maximum Gasteiger partial charge on any atom is 0.269 e. The quantitative estimate of drug-likeness (QED) is 0.629. The molecular weight excluding hydrogens is 298 g/mol. The number of nitro groups is 1. The van der Waals surface area contributed by atoms with Crippen LogP contribution in [0.15, 0.2) is 23.1 Å². The zero-order chi connectivity index (χ0) is 15.6. The molecule has 0 aromatic heterocycles. The molecule has 1 aromatic rings. The van der Waals surface area contributed by atoms with Crippen LogP contribution in [0.3, 0.4) is 0 Å². The molecule has 8 nitrogen and oxygen atoms in total. The van der Waals surface area contributed by atoms with E-state index < -0.39 is 14.9 Å². The van der Waals surface area contributed by atoms with E-state index >= 15 is 0 Å². The molecule has 2 rings (SSSR count). The normalized spacial score (nSPS) is 20.4. The number of morpholine rings is 1. The van der Waals surface area contributed by atoms with Crippen LogP contribution in [0.25, 0.3) is 0 Å². The Hall–Kier alpha value is -1.55. The molecule has 1 unspecified atom stereocenters. The third-order valence-corrected chi connectivity index (χ3v) is 5.38. The molecule has 21 heavy (non-hydrogen) atoms. The van der Waals surface area contributed by atoms with Crippen molar-refractivity contribution in [3.05, 3.63) is 33.9 Å². The minimum atomic E-state index is -3.70. The van der Waals surface area contributed by atoms with E-state index in [1.807, 2.05) is 0 Å². The Kier molecular flexibility index (Phi) is 4.57. The number of aryl methyl sites for hydroxylation is 1. The number of ether oxygens (including phenoxy) is 1. The molecule has 1 fully saturated rings. The highest BCUT2D eigenvalue weighted by atomic mass is 32.2. The maximum absolute atomic E-state index is 12.6. The zero-order valence-corrected chi connectivity index (χ0v) is 12.4. The number of benzene rings is 1. The van der Waals surface area contributed by atoms with Gasteiger partial charge in [0.2, 0.25) is 10.0 Å². The Labute approximate surface area is 122 Å². The molecule has 1 aliphatic rings. The number of nitrogens with two attached hydrogens (primary N) is 1. The van der Waals surface area contributed by atoms with Crippen LogP contribution in [0, 0.1) is 17.0 Å². The summed E-state index contributed by atoms with van der Waals surface area (Å²) in [5.41, 5.74) is 5.73. The van der Waals surface area contributed by atoms with Crippen molar-refractivity contribution in [2.45, 2.75) is 17.9 Å². The van der Waals surface area contributed by atoms with Gasteiger partial charge in [0.05, 0.1) is 22.5 Å². The van der Waals surface area contributed by atoms with Crippen molar-refractivity contribution >= 4 is 15.7 Å². The van der Waals surface area contributed by atoms with Gasteiger partial charge in [0.15, 0.2) is 0 Å². The molecule has 0 aliphatic carbocycles. The van der Waals surface area contributed by atoms with Crippen LogP contribution >= 0.6 is 0 Å². The van der Waals surface area contributed by atoms with Crippen molar-refractivity contribution in [1.82, 2.24) is 4.31 Å². The van der Waals surface area contributed by atoms with Crippen molar-refractivity contribution < 1.29 is 18.1 Å². The van der Waals surface area contributed by atoms with Crippen LogP contribution in [0.1, 0.15) is 5.56 Å². The van der Waals surface area contributed by atoms with Crippen LogP contribution in [-0.2, 0) is 14.8 Å². The van der Waals surface area contributed by atoms with Crippen LogP contribution in [0.2, 0.25) is 0 Å². The summed E-state index contributed by atoms with van der Waals surface area (Å²) >= 11 is 0. The minimum Gasteiger partial charge on any atom is -0.374 e. The molecular formula is C12H17N3O5S. The van der Waals surface area contributed by atoms with Crippen molar-refractivity contribution in [3.8, 4) is 0 Å². The van der Waals surface area contributed by atoms with Gasteiger partial charge in [-0.05, 0) is 18.6 Å². The second-order valence-electron chi connectivity index (χ2n) is 4.80. The average Bonchev–Trinajstić information content (AvgIpc) is 2.46. The van der Waals surface area contributed by atoms with Gasteiger partial charge in [-0.25, -0.2) is 8.42 Å². The molecule has 1 aromatic carbocycles. The van der Waals surface area contributed by atoms with Gasteiger partial charge in [0, 0.05) is 31.8 Å². The fraction of sp³-hybridized carbons (Fsp3) is 0.500. The van der Waals surface area contributed by atoms with Crippen LogP contribution in [0.4, 0.5) is 5.69 Å². The number of rotatable bonds is 4. The molecule has 1 atom stereocenters. The predicted octanol–water partition coefficient (Wildman–Crippen LogP) is 0.251. The van der Waals surface area contributed by atoms with Crippen LogP contribution in [0.5, 0.6) is 0 Å². The molecule has 1 aliphatic heterocycles. The van der Waals surface area contributed by atoms with E-state index in [-0.39, 0.29) is 42.9 Å². The highest BCUT2D eigenvalue weighted by Gasteiger charge is 2.31. The third kappa shape index (κ3) is 3.21. The van der Waals surface area contributed by atoms with Gasteiger partial charge >= 0.3 is 0 Å². The van der Waals surface area contributed by atoms with Gasteiger partial charge < -0.3 is 10.5 Å². The lowest BCUT2D eigenvalue weighted by Crippen LogP contribution is -2.48. The SMILES string of the molecule is Cc1cc([N+](=O)[O-])ccc1S(=O)(=O)N1CCOC(CN)C1. The Morgan fingerprint density at radius 3 is 2.81 bits per heavy atom. The molecule has 0 spiro atoms. The van der Waals surface area contributed by atoms with E-state index in [0.29, 0.717) is 5.56 Å². The summed E-state index contributed by atoms with van der Waals surface area (Å²) in [6.07, 6.45) is -0.327. The number of hydrogen-bond acceptors (Lipinski definition) is 6. The molecule has 0 saturated carbocycles. The lowest BCUT2D eigenvalue weighted by Gasteiger charge is -2.31. The zero-order valence-electron chi connectivity index (χ0n) is 11.6. The van der Waals surface area contributed by atoms with E-state index in [9.17, 15) is 18.5 Å². The average molecular weight is 315 g/mol. The summed E-state index contributed by atoms with van der Waals surface area (Å²) in [6, 6.07) is 3.73. The van der Waals surface area contributed by atoms with Gasteiger partial charge in [-0.3, -0.25) is 10.1 Å². The third-order valence-electron chi connectivity index (χ3n) is 3.35. The summed E-state index contributed by atoms with van der Waals surface area (Å²) < 4.78 is 31.9. The lowest BCUT2D eigenvalue weighted by molar-refractivity contribution is -0.385. The molecule has 1 heterocycles. The molecule has 9 heteroatoms. The van der Waals surface area contributed by atoms with Gasteiger partial charge in [-0.15, -0.1) is 0 Å². The first kappa shape index (κ1) is 15.8. The van der Waals surface area contributed by atoms with Gasteiger partial charge in [0.1, 0.15) is 0 Å². The Balaban J connectivity index is 2.33. The molecule has 1 saturated heterocycles. The second kappa shape index (κ2) is 6.06. The van der Waals surface area contributed by atoms with E-state index in [2.05, 4.69) is 0 Å². The summed E-state index contributed by atoms with van der Waals surface area (Å²) in [6.45, 7) is 2.50. The summed E-state index contributed by atoms with van der Waals surface area (Å²) in [5, 5.41) is 10.7. The summed E-state index contributed by atoms with van der Waals surface area (Å²) in [7, 11) is -3.70. The predicted molar refractivity (Wildman–Crippen MR) is 75.4 cm³/mol. The first-order valence-electron chi connectivity index (χ1n) is 6.43. The van der Waals surface area contributed by atoms with Crippen molar-refractivity contribution in [2.75, 3.05) is 26.2 Å². The van der Waals surface area contributed by atoms with E-state index in [4.69, 9.17) is 10.5 Å². The molecule has 0 amide bonds. The van der Waals surface area contributed by atoms with Gasteiger partial charge in [0.25, 0.3) is 5.69 Å². The fourth-order valence-electron chi connectivity index (χ4n) is 2.23. The van der Waals surface area contributed by atoms with Crippen molar-refractivity contribution in [2.24, 2.45) is 5.73 Å². The number of nitro benzene ring substituents is 1. The smallest absolute Gasteiger partial charge is 0.269 e.